The predicted octanol–water partition coefficient (Wildman–Crippen LogP) is 4.24. The van der Waals surface area contributed by atoms with Crippen molar-refractivity contribution in [1.29, 1.82) is 0 Å². The Morgan fingerprint density at radius 2 is 1.54 bits per heavy atom. The van der Waals surface area contributed by atoms with Crippen LogP contribution >= 0.6 is 12.2 Å². The smallest absolute Gasteiger partial charge is 0.232 e. The summed E-state index contributed by atoms with van der Waals surface area (Å²) in [6, 6.07) is 9.04. The molecule has 0 unspecified atom stereocenters. The van der Waals surface area contributed by atoms with Crippen LogP contribution in [0.25, 0.3) is 0 Å². The fourth-order valence-electron chi connectivity index (χ4n) is 5.54. The number of morpholine rings is 1. The quantitative estimate of drug-likeness (QED) is 0.574. The van der Waals surface area contributed by atoms with Crippen molar-refractivity contribution in [3.63, 3.8) is 0 Å². The number of thiocarbonyl (C=S) groups is 1. The molecule has 0 amide bonds. The van der Waals surface area contributed by atoms with Gasteiger partial charge in [0.2, 0.25) is 5.95 Å². The van der Waals surface area contributed by atoms with Crippen LogP contribution in [0.5, 0.6) is 0 Å². The van der Waals surface area contributed by atoms with Gasteiger partial charge in [0.1, 0.15) is 17.5 Å². The SMILES string of the molecule is Fc1ccc(C2(CNC(=S)Nc3nc(N4CCCCC4)cc(N4CCOCC4)n3)CCCC2)cc1. The van der Waals surface area contributed by atoms with Crippen LogP contribution in [-0.4, -0.2) is 61.0 Å². The van der Waals surface area contributed by atoms with E-state index in [0.717, 1.165) is 50.7 Å². The third-order valence-corrected chi connectivity index (χ3v) is 7.79. The number of nitrogens with zero attached hydrogens (tertiary/aromatic N) is 4. The lowest BCUT2D eigenvalue weighted by molar-refractivity contribution is 0.122. The Bertz CT molecular complexity index is 965. The Balaban J connectivity index is 1.30. The maximum Gasteiger partial charge on any atom is 0.232 e. The molecule has 9 heteroatoms. The maximum absolute atomic E-state index is 13.5. The first kappa shape index (κ1) is 24.2. The Kier molecular flexibility index (Phi) is 7.63. The monoisotopic (exact) mass is 498 g/mol. The molecule has 35 heavy (non-hydrogen) atoms. The maximum atomic E-state index is 13.5. The summed E-state index contributed by atoms with van der Waals surface area (Å²) in [5.41, 5.74) is 1.14. The second kappa shape index (κ2) is 11.0. The Morgan fingerprint density at radius 1 is 0.914 bits per heavy atom. The van der Waals surface area contributed by atoms with E-state index in [2.05, 4.69) is 26.5 Å². The molecule has 0 spiro atoms. The highest BCUT2D eigenvalue weighted by Crippen LogP contribution is 2.40. The molecular formula is C26H35FN6OS. The summed E-state index contributed by atoms with van der Waals surface area (Å²) < 4.78 is 19.0. The highest BCUT2D eigenvalue weighted by Gasteiger charge is 2.35. The molecular weight excluding hydrogens is 463 g/mol. The second-order valence-corrected chi connectivity index (χ2v) is 10.3. The van der Waals surface area contributed by atoms with Crippen molar-refractivity contribution in [1.82, 2.24) is 15.3 Å². The van der Waals surface area contributed by atoms with Crippen molar-refractivity contribution >= 4 is 34.9 Å². The van der Waals surface area contributed by atoms with E-state index in [4.69, 9.17) is 26.9 Å². The molecule has 0 atom stereocenters. The molecule has 0 radical (unpaired) electrons. The van der Waals surface area contributed by atoms with Gasteiger partial charge < -0.3 is 25.2 Å². The fourth-order valence-corrected chi connectivity index (χ4v) is 5.70. The summed E-state index contributed by atoms with van der Waals surface area (Å²) in [6.45, 7) is 5.78. The van der Waals surface area contributed by atoms with Crippen molar-refractivity contribution in [2.45, 2.75) is 50.4 Å². The van der Waals surface area contributed by atoms with Crippen LogP contribution in [0.4, 0.5) is 22.0 Å². The van der Waals surface area contributed by atoms with Gasteiger partial charge >= 0.3 is 0 Å². The van der Waals surface area contributed by atoms with Crippen molar-refractivity contribution in [3.8, 4) is 0 Å². The van der Waals surface area contributed by atoms with E-state index in [-0.39, 0.29) is 11.2 Å². The van der Waals surface area contributed by atoms with Gasteiger partial charge in [-0.2, -0.15) is 9.97 Å². The van der Waals surface area contributed by atoms with Gasteiger partial charge in [0.05, 0.1) is 13.2 Å². The first-order chi connectivity index (χ1) is 17.1. The van der Waals surface area contributed by atoms with Gasteiger partial charge in [-0.3, -0.25) is 0 Å². The summed E-state index contributed by atoms with van der Waals surface area (Å²) in [7, 11) is 0. The zero-order valence-corrected chi connectivity index (χ0v) is 21.1. The van der Waals surface area contributed by atoms with Crippen molar-refractivity contribution in [3.05, 3.63) is 41.7 Å². The number of piperidine rings is 1. The number of hydrogen-bond donors (Lipinski definition) is 2. The lowest BCUT2D eigenvalue weighted by atomic mass is 9.79. The Hall–Kier alpha value is -2.52. The Morgan fingerprint density at radius 3 is 2.20 bits per heavy atom. The third-order valence-electron chi connectivity index (χ3n) is 7.54. The molecule has 1 aromatic heterocycles. The minimum Gasteiger partial charge on any atom is -0.378 e. The average Bonchev–Trinajstić information content (AvgIpc) is 3.39. The average molecular weight is 499 g/mol. The van der Waals surface area contributed by atoms with E-state index < -0.39 is 0 Å². The first-order valence-corrected chi connectivity index (χ1v) is 13.3. The van der Waals surface area contributed by atoms with Crippen LogP contribution in [0.3, 0.4) is 0 Å². The van der Waals surface area contributed by atoms with Crippen molar-refractivity contribution < 1.29 is 9.13 Å². The molecule has 2 aliphatic heterocycles. The van der Waals surface area contributed by atoms with Crippen LogP contribution in [0, 0.1) is 5.82 Å². The van der Waals surface area contributed by atoms with E-state index in [9.17, 15) is 4.39 Å². The lowest BCUT2D eigenvalue weighted by Crippen LogP contribution is -2.41. The number of aromatic nitrogens is 2. The largest absolute Gasteiger partial charge is 0.378 e. The predicted molar refractivity (Wildman–Crippen MR) is 142 cm³/mol. The van der Waals surface area contributed by atoms with Gasteiger partial charge in [0.25, 0.3) is 0 Å². The van der Waals surface area contributed by atoms with Crippen molar-refractivity contribution in [2.75, 3.05) is 61.1 Å². The molecule has 5 rings (SSSR count). The number of nitrogens with one attached hydrogen (secondary N) is 2. The van der Waals surface area contributed by atoms with Gasteiger partial charge in [-0.05, 0) is 62.0 Å². The molecule has 3 fully saturated rings. The first-order valence-electron chi connectivity index (χ1n) is 12.9. The van der Waals surface area contributed by atoms with Gasteiger partial charge in [0, 0.05) is 44.2 Å². The summed E-state index contributed by atoms with van der Waals surface area (Å²) in [5, 5.41) is 7.20. The highest BCUT2D eigenvalue weighted by atomic mass is 32.1. The molecule has 2 saturated heterocycles. The van der Waals surface area contributed by atoms with Gasteiger partial charge in [-0.25, -0.2) is 4.39 Å². The standard InChI is InChI=1S/C26H35FN6OS/c27-21-8-6-20(7-9-21)26(10-2-3-11-26)19-28-25(35)31-24-29-22(32-12-4-1-5-13-32)18-23(30-24)33-14-16-34-17-15-33/h6-9,18H,1-5,10-17,19H2,(H2,28,29,30,31,35). The van der Waals surface area contributed by atoms with E-state index in [0.29, 0.717) is 30.8 Å². The number of rotatable bonds is 6. The number of benzene rings is 1. The molecule has 2 aromatic rings. The molecule has 0 bridgehead atoms. The molecule has 1 aromatic carbocycles. The number of halogens is 1. The normalized spacial score (nSPS) is 20.0. The molecule has 7 nitrogen and oxygen atoms in total. The summed E-state index contributed by atoms with van der Waals surface area (Å²) in [5.74, 6) is 2.18. The van der Waals surface area contributed by atoms with Gasteiger partial charge in [-0.1, -0.05) is 25.0 Å². The van der Waals surface area contributed by atoms with Gasteiger partial charge in [-0.15, -0.1) is 0 Å². The Labute approximate surface area is 212 Å². The topological polar surface area (TPSA) is 65.6 Å². The fraction of sp³-hybridized carbons (Fsp3) is 0.577. The summed E-state index contributed by atoms with van der Waals surface area (Å²) in [6.07, 6.45) is 8.11. The highest BCUT2D eigenvalue weighted by molar-refractivity contribution is 7.80. The van der Waals surface area contributed by atoms with Crippen LogP contribution in [0.1, 0.15) is 50.5 Å². The van der Waals surface area contributed by atoms with Gasteiger partial charge in [0.15, 0.2) is 5.11 Å². The minimum atomic E-state index is -0.200. The van der Waals surface area contributed by atoms with Crippen LogP contribution in [-0.2, 0) is 10.2 Å². The van der Waals surface area contributed by atoms with Crippen molar-refractivity contribution in [2.24, 2.45) is 0 Å². The number of ether oxygens (including phenoxy) is 1. The van der Waals surface area contributed by atoms with Crippen LogP contribution in [0.15, 0.2) is 30.3 Å². The second-order valence-electron chi connectivity index (χ2n) is 9.86. The summed E-state index contributed by atoms with van der Waals surface area (Å²) in [4.78, 5) is 14.2. The molecule has 1 saturated carbocycles. The third kappa shape index (κ3) is 5.83. The summed E-state index contributed by atoms with van der Waals surface area (Å²) >= 11 is 5.68. The minimum absolute atomic E-state index is 0.0328. The molecule has 3 heterocycles. The number of hydrogen-bond acceptors (Lipinski definition) is 6. The van der Waals surface area contributed by atoms with Crippen LogP contribution < -0.4 is 20.4 Å². The zero-order chi connectivity index (χ0) is 24.1. The molecule has 2 N–H and O–H groups in total. The molecule has 188 valence electrons. The lowest BCUT2D eigenvalue weighted by Gasteiger charge is -2.32. The van der Waals surface area contributed by atoms with E-state index >= 15 is 0 Å². The van der Waals surface area contributed by atoms with E-state index in [1.54, 1.807) is 12.1 Å². The van der Waals surface area contributed by atoms with Crippen LogP contribution in [0.2, 0.25) is 0 Å². The van der Waals surface area contributed by atoms with E-state index in [1.807, 2.05) is 12.1 Å². The number of anilines is 3. The molecule has 1 aliphatic carbocycles. The van der Waals surface area contributed by atoms with E-state index in [1.165, 1.54) is 37.7 Å². The zero-order valence-electron chi connectivity index (χ0n) is 20.3. The molecule has 3 aliphatic rings.